The zero-order valence-electron chi connectivity index (χ0n) is 20.1. The minimum absolute atomic E-state index is 0.135. The summed E-state index contributed by atoms with van der Waals surface area (Å²) in [6.07, 6.45) is 4.22. The fraction of sp³-hybridized carbons (Fsp3) is 0.385. The molecule has 1 unspecified atom stereocenters. The van der Waals surface area contributed by atoms with Gasteiger partial charge in [0, 0.05) is 6.54 Å². The van der Waals surface area contributed by atoms with Crippen LogP contribution in [0, 0.1) is 0 Å². The van der Waals surface area contributed by atoms with Gasteiger partial charge in [0.25, 0.3) is 0 Å². The Kier molecular flexibility index (Phi) is 11.4. The maximum Gasteiger partial charge on any atom is 0.316 e. The van der Waals surface area contributed by atoms with Crippen molar-refractivity contribution >= 4 is 24.2 Å². The molecule has 0 saturated heterocycles. The molecule has 0 aliphatic rings. The number of hydrogen-bond acceptors (Lipinski definition) is 6. The first kappa shape index (κ1) is 27.5. The van der Waals surface area contributed by atoms with Gasteiger partial charge in [0.1, 0.15) is 17.3 Å². The fourth-order valence-corrected chi connectivity index (χ4v) is 4.37. The highest BCUT2D eigenvalue weighted by atomic mass is 79.9. The third-order valence-electron chi connectivity index (χ3n) is 5.11. The molecule has 0 amide bonds. The molecular formula is C26H33BrNO6P. The van der Waals surface area contributed by atoms with E-state index in [1.807, 2.05) is 44.2 Å². The lowest BCUT2D eigenvalue weighted by atomic mass is 10.1. The zero-order chi connectivity index (χ0) is 25.0. The standard InChI is InChI=1S/C26H33BrNO6P/c1-19(2)34-26-11-8-20(17-23(26)27)6-3-13-32-25-10-9-21(16-22(25)24-7-4-14-31-24)18-28-12-5-15-33-35(29)30/h4,7-11,14,16-17,19,28,35H,3,5-6,12-13,15,18H2,1-2H3,(H,29,30). The number of furan rings is 1. The molecule has 7 nitrogen and oxygen atoms in total. The Morgan fingerprint density at radius 2 is 1.86 bits per heavy atom. The van der Waals surface area contributed by atoms with Crippen LogP contribution in [0.25, 0.3) is 11.3 Å². The number of nitrogens with one attached hydrogen (secondary N) is 1. The molecule has 0 bridgehead atoms. The molecule has 0 aliphatic carbocycles. The van der Waals surface area contributed by atoms with Crippen molar-refractivity contribution in [2.45, 2.75) is 45.8 Å². The van der Waals surface area contributed by atoms with Crippen molar-refractivity contribution in [1.29, 1.82) is 0 Å². The molecule has 1 atom stereocenters. The Morgan fingerprint density at radius 3 is 2.57 bits per heavy atom. The van der Waals surface area contributed by atoms with Gasteiger partial charge in [0.05, 0.1) is 35.6 Å². The van der Waals surface area contributed by atoms with E-state index in [4.69, 9.17) is 23.3 Å². The first-order valence-electron chi connectivity index (χ1n) is 11.7. The van der Waals surface area contributed by atoms with E-state index in [9.17, 15) is 4.57 Å². The molecule has 35 heavy (non-hydrogen) atoms. The molecule has 0 radical (unpaired) electrons. The van der Waals surface area contributed by atoms with E-state index in [0.29, 0.717) is 26.1 Å². The van der Waals surface area contributed by atoms with Crippen molar-refractivity contribution in [3.05, 3.63) is 70.4 Å². The lowest BCUT2D eigenvalue weighted by molar-refractivity contribution is 0.241. The Labute approximate surface area is 215 Å². The van der Waals surface area contributed by atoms with Crippen molar-refractivity contribution in [3.8, 4) is 22.8 Å². The molecule has 0 spiro atoms. The lowest BCUT2D eigenvalue weighted by Gasteiger charge is -2.14. The summed E-state index contributed by atoms with van der Waals surface area (Å²) in [6, 6.07) is 16.1. The maximum atomic E-state index is 10.6. The topological polar surface area (TPSA) is 90.2 Å². The van der Waals surface area contributed by atoms with Crippen LogP contribution in [0.2, 0.25) is 0 Å². The summed E-state index contributed by atoms with van der Waals surface area (Å²) < 4.78 is 33.8. The minimum Gasteiger partial charge on any atom is -0.493 e. The van der Waals surface area contributed by atoms with E-state index in [-0.39, 0.29) is 12.7 Å². The largest absolute Gasteiger partial charge is 0.493 e. The van der Waals surface area contributed by atoms with Crippen molar-refractivity contribution in [1.82, 2.24) is 5.32 Å². The number of aryl methyl sites for hydroxylation is 1. The Morgan fingerprint density at radius 1 is 1.06 bits per heavy atom. The highest BCUT2D eigenvalue weighted by Gasteiger charge is 2.11. The molecule has 3 rings (SSSR count). The summed E-state index contributed by atoms with van der Waals surface area (Å²) in [5.74, 6) is 2.40. The van der Waals surface area contributed by atoms with Crippen LogP contribution in [-0.4, -0.2) is 30.8 Å². The van der Waals surface area contributed by atoms with Gasteiger partial charge in [-0.3, -0.25) is 4.57 Å². The third-order valence-corrected chi connectivity index (χ3v) is 6.18. The number of benzene rings is 2. The van der Waals surface area contributed by atoms with Crippen molar-refractivity contribution in [2.24, 2.45) is 0 Å². The summed E-state index contributed by atoms with van der Waals surface area (Å²) in [4.78, 5) is 8.69. The third kappa shape index (κ3) is 9.47. The smallest absolute Gasteiger partial charge is 0.316 e. The van der Waals surface area contributed by atoms with E-state index < -0.39 is 8.25 Å². The van der Waals surface area contributed by atoms with Crippen molar-refractivity contribution < 1.29 is 27.9 Å². The van der Waals surface area contributed by atoms with E-state index in [2.05, 4.69) is 39.4 Å². The summed E-state index contributed by atoms with van der Waals surface area (Å²) >= 11 is 3.60. The average molecular weight is 566 g/mol. The van der Waals surface area contributed by atoms with Gasteiger partial charge < -0.3 is 28.6 Å². The Bertz CT molecular complexity index is 1070. The Hall–Kier alpha value is -2.09. The van der Waals surface area contributed by atoms with Crippen molar-refractivity contribution in [3.63, 3.8) is 0 Å². The number of hydrogen-bond donors (Lipinski definition) is 2. The lowest BCUT2D eigenvalue weighted by Crippen LogP contribution is -2.16. The highest BCUT2D eigenvalue weighted by Crippen LogP contribution is 2.32. The molecule has 2 N–H and O–H groups in total. The summed E-state index contributed by atoms with van der Waals surface area (Å²) in [7, 11) is -2.85. The molecule has 0 fully saturated rings. The van der Waals surface area contributed by atoms with Crippen LogP contribution in [0.1, 0.15) is 37.8 Å². The molecule has 2 aromatic carbocycles. The second kappa shape index (κ2) is 14.5. The predicted molar refractivity (Wildman–Crippen MR) is 141 cm³/mol. The molecule has 9 heteroatoms. The molecule has 0 aliphatic heterocycles. The number of ether oxygens (including phenoxy) is 2. The minimum atomic E-state index is -2.85. The molecule has 0 saturated carbocycles. The molecule has 1 heterocycles. The van der Waals surface area contributed by atoms with Crippen LogP contribution >= 0.6 is 24.2 Å². The normalized spacial score (nSPS) is 12.1. The average Bonchev–Trinajstić information content (AvgIpc) is 3.35. The van der Waals surface area contributed by atoms with Crippen LogP contribution in [0.4, 0.5) is 0 Å². The molecular weight excluding hydrogens is 533 g/mol. The van der Waals surface area contributed by atoms with E-state index in [1.54, 1.807) is 6.26 Å². The van der Waals surface area contributed by atoms with Crippen LogP contribution in [0.5, 0.6) is 11.5 Å². The number of rotatable bonds is 15. The van der Waals surface area contributed by atoms with E-state index in [0.717, 1.165) is 45.7 Å². The summed E-state index contributed by atoms with van der Waals surface area (Å²) in [6.45, 7) is 6.22. The summed E-state index contributed by atoms with van der Waals surface area (Å²) in [5.41, 5.74) is 3.23. The highest BCUT2D eigenvalue weighted by molar-refractivity contribution is 9.10. The number of halogens is 1. The first-order chi connectivity index (χ1) is 16.9. The van der Waals surface area contributed by atoms with E-state index >= 15 is 0 Å². The van der Waals surface area contributed by atoms with Gasteiger partial charge in [-0.05, 0) is 103 Å². The van der Waals surface area contributed by atoms with Crippen LogP contribution < -0.4 is 14.8 Å². The van der Waals surface area contributed by atoms with Gasteiger partial charge >= 0.3 is 8.25 Å². The predicted octanol–water partition coefficient (Wildman–Crippen LogP) is 6.39. The SMILES string of the molecule is CC(C)Oc1ccc(CCCOc2ccc(CNCCCO[PH](=O)O)cc2-c2ccco2)cc1Br. The summed E-state index contributed by atoms with van der Waals surface area (Å²) in [5, 5.41) is 3.32. The monoisotopic (exact) mass is 565 g/mol. The molecule has 1 aromatic heterocycles. The van der Waals surface area contributed by atoms with Gasteiger partial charge in [-0.25, -0.2) is 0 Å². The van der Waals surface area contributed by atoms with Gasteiger partial charge in [-0.1, -0.05) is 12.1 Å². The zero-order valence-corrected chi connectivity index (χ0v) is 22.7. The fourth-order valence-electron chi connectivity index (χ4n) is 3.53. The van der Waals surface area contributed by atoms with Crippen molar-refractivity contribution in [2.75, 3.05) is 19.8 Å². The van der Waals surface area contributed by atoms with Gasteiger partial charge in [-0.2, -0.15) is 0 Å². The van der Waals surface area contributed by atoms with Crippen LogP contribution in [0.3, 0.4) is 0 Å². The molecule has 190 valence electrons. The second-order valence-corrected chi connectivity index (χ2v) is 10.0. The quantitative estimate of drug-likeness (QED) is 0.163. The maximum absolute atomic E-state index is 10.6. The molecule has 3 aromatic rings. The Balaban J connectivity index is 1.53. The van der Waals surface area contributed by atoms with Gasteiger partial charge in [0.2, 0.25) is 0 Å². The van der Waals surface area contributed by atoms with Gasteiger partial charge in [-0.15, -0.1) is 0 Å². The van der Waals surface area contributed by atoms with Gasteiger partial charge in [0.15, 0.2) is 0 Å². The first-order valence-corrected chi connectivity index (χ1v) is 13.8. The van der Waals surface area contributed by atoms with Crippen LogP contribution in [-0.2, 0) is 22.1 Å². The van der Waals surface area contributed by atoms with Crippen LogP contribution in [0.15, 0.2) is 63.7 Å². The van der Waals surface area contributed by atoms with E-state index in [1.165, 1.54) is 5.56 Å². The second-order valence-electron chi connectivity index (χ2n) is 8.34.